The molecule has 30 heavy (non-hydrogen) atoms. The van der Waals surface area contributed by atoms with Crippen molar-refractivity contribution in [2.45, 2.75) is 38.3 Å². The van der Waals surface area contributed by atoms with E-state index in [0.717, 1.165) is 47.0 Å². The summed E-state index contributed by atoms with van der Waals surface area (Å²) in [6.07, 6.45) is 3.34. The second-order valence-electron chi connectivity index (χ2n) is 7.90. The molecule has 0 spiro atoms. The molecule has 0 bridgehead atoms. The number of rotatable bonds is 5. The SMILES string of the molecule is C[C@@H](NC(=O)CN1CCCC[C@H]1c1nc2ccccc2s1)c1ccc2c(c1)OCO2. The second kappa shape index (κ2) is 8.24. The lowest BCUT2D eigenvalue weighted by molar-refractivity contribution is -0.123. The number of thiazole rings is 1. The van der Waals surface area contributed by atoms with Crippen molar-refractivity contribution in [3.8, 4) is 11.5 Å². The molecule has 0 aliphatic carbocycles. The van der Waals surface area contributed by atoms with Gasteiger partial charge in [0.2, 0.25) is 12.7 Å². The molecule has 5 rings (SSSR count). The smallest absolute Gasteiger partial charge is 0.234 e. The van der Waals surface area contributed by atoms with Crippen molar-refractivity contribution >= 4 is 27.5 Å². The van der Waals surface area contributed by atoms with Crippen LogP contribution in [0, 0.1) is 0 Å². The summed E-state index contributed by atoms with van der Waals surface area (Å²) in [6.45, 7) is 3.56. The molecule has 0 radical (unpaired) electrons. The maximum atomic E-state index is 12.9. The molecule has 1 N–H and O–H groups in total. The lowest BCUT2D eigenvalue weighted by atomic mass is 10.0. The van der Waals surface area contributed by atoms with Crippen LogP contribution in [0.25, 0.3) is 10.2 Å². The number of ether oxygens (including phenoxy) is 2. The number of nitrogens with zero attached hydrogens (tertiary/aromatic N) is 2. The first-order chi connectivity index (χ1) is 14.7. The lowest BCUT2D eigenvalue weighted by Crippen LogP contribution is -2.42. The van der Waals surface area contributed by atoms with Gasteiger partial charge >= 0.3 is 0 Å². The Bertz CT molecular complexity index is 1030. The Morgan fingerprint density at radius 3 is 3.00 bits per heavy atom. The standard InChI is InChI=1S/C23H25N3O3S/c1-15(16-9-10-19-20(12-16)29-14-28-19)24-22(27)13-26-11-5-4-7-18(26)23-25-17-6-2-3-8-21(17)30-23/h2-3,6,8-10,12,15,18H,4-5,7,11,13-14H2,1H3,(H,24,27)/t15-,18+/m1/s1. The Labute approximate surface area is 179 Å². The minimum absolute atomic E-state index is 0.0353. The van der Waals surface area contributed by atoms with Crippen molar-refractivity contribution in [3.05, 3.63) is 53.0 Å². The molecule has 7 heteroatoms. The number of amides is 1. The Morgan fingerprint density at radius 1 is 1.23 bits per heavy atom. The van der Waals surface area contributed by atoms with Crippen LogP contribution in [0.4, 0.5) is 0 Å². The summed E-state index contributed by atoms with van der Waals surface area (Å²) in [5.74, 6) is 1.53. The molecule has 156 valence electrons. The number of piperidine rings is 1. The molecule has 1 fully saturated rings. The first-order valence-electron chi connectivity index (χ1n) is 10.5. The van der Waals surface area contributed by atoms with Crippen molar-refractivity contribution in [1.82, 2.24) is 15.2 Å². The number of hydrogen-bond donors (Lipinski definition) is 1. The van der Waals surface area contributed by atoms with E-state index in [-0.39, 0.29) is 24.8 Å². The summed E-state index contributed by atoms with van der Waals surface area (Å²) >= 11 is 1.75. The van der Waals surface area contributed by atoms with Crippen molar-refractivity contribution in [1.29, 1.82) is 0 Å². The van der Waals surface area contributed by atoms with E-state index in [1.54, 1.807) is 11.3 Å². The highest BCUT2D eigenvalue weighted by Crippen LogP contribution is 2.36. The number of aromatic nitrogens is 1. The normalized spacial score (nSPS) is 19.7. The molecule has 3 aromatic rings. The van der Waals surface area contributed by atoms with E-state index in [1.807, 2.05) is 37.3 Å². The van der Waals surface area contributed by atoms with Crippen LogP contribution < -0.4 is 14.8 Å². The van der Waals surface area contributed by atoms with Gasteiger partial charge < -0.3 is 14.8 Å². The van der Waals surface area contributed by atoms with Crippen molar-refractivity contribution in [2.24, 2.45) is 0 Å². The van der Waals surface area contributed by atoms with E-state index in [4.69, 9.17) is 14.5 Å². The zero-order chi connectivity index (χ0) is 20.5. The van der Waals surface area contributed by atoms with Gasteiger partial charge in [-0.15, -0.1) is 11.3 Å². The third-order valence-corrected chi connectivity index (χ3v) is 6.97. The molecule has 1 saturated heterocycles. The van der Waals surface area contributed by atoms with Gasteiger partial charge in [0.05, 0.1) is 28.8 Å². The van der Waals surface area contributed by atoms with E-state index in [1.165, 1.54) is 11.1 Å². The summed E-state index contributed by atoms with van der Waals surface area (Å²) in [5, 5.41) is 4.26. The van der Waals surface area contributed by atoms with E-state index >= 15 is 0 Å². The quantitative estimate of drug-likeness (QED) is 0.658. The van der Waals surface area contributed by atoms with Crippen molar-refractivity contribution in [3.63, 3.8) is 0 Å². The van der Waals surface area contributed by atoms with Gasteiger partial charge in [0.15, 0.2) is 11.5 Å². The lowest BCUT2D eigenvalue weighted by Gasteiger charge is -2.34. The Kier molecular flexibility index (Phi) is 5.31. The Hall–Kier alpha value is -2.64. The topological polar surface area (TPSA) is 63.7 Å². The summed E-state index contributed by atoms with van der Waals surface area (Å²) in [7, 11) is 0. The third kappa shape index (κ3) is 3.87. The molecule has 1 aromatic heterocycles. The average molecular weight is 424 g/mol. The number of carbonyl (C=O) groups excluding carboxylic acids is 1. The maximum absolute atomic E-state index is 12.9. The largest absolute Gasteiger partial charge is 0.454 e. The number of carbonyl (C=O) groups is 1. The van der Waals surface area contributed by atoms with E-state index in [2.05, 4.69) is 22.3 Å². The van der Waals surface area contributed by atoms with Gasteiger partial charge in [0, 0.05) is 0 Å². The molecule has 6 nitrogen and oxygen atoms in total. The minimum Gasteiger partial charge on any atom is -0.454 e. The highest BCUT2D eigenvalue weighted by Gasteiger charge is 2.28. The van der Waals surface area contributed by atoms with Gasteiger partial charge in [-0.1, -0.05) is 24.6 Å². The highest BCUT2D eigenvalue weighted by atomic mass is 32.1. The molecule has 2 aliphatic heterocycles. The number of benzene rings is 2. The van der Waals surface area contributed by atoms with E-state index < -0.39 is 0 Å². The van der Waals surface area contributed by atoms with Gasteiger partial charge in [-0.3, -0.25) is 9.69 Å². The van der Waals surface area contributed by atoms with Gasteiger partial charge in [0.25, 0.3) is 0 Å². The van der Waals surface area contributed by atoms with Crippen LogP contribution >= 0.6 is 11.3 Å². The van der Waals surface area contributed by atoms with Crippen molar-refractivity contribution < 1.29 is 14.3 Å². The van der Waals surface area contributed by atoms with Gasteiger partial charge in [-0.05, 0) is 56.1 Å². The Morgan fingerprint density at radius 2 is 2.10 bits per heavy atom. The summed E-state index contributed by atoms with van der Waals surface area (Å²) < 4.78 is 12.0. The molecule has 2 aromatic carbocycles. The molecule has 2 atom stereocenters. The fourth-order valence-corrected chi connectivity index (χ4v) is 5.37. The van der Waals surface area contributed by atoms with Gasteiger partial charge in [0.1, 0.15) is 5.01 Å². The molecule has 0 unspecified atom stereocenters. The fourth-order valence-electron chi connectivity index (χ4n) is 4.23. The van der Waals surface area contributed by atoms with E-state index in [0.29, 0.717) is 6.54 Å². The summed E-state index contributed by atoms with van der Waals surface area (Å²) in [4.78, 5) is 20.0. The zero-order valence-electron chi connectivity index (χ0n) is 17.0. The zero-order valence-corrected chi connectivity index (χ0v) is 17.8. The van der Waals surface area contributed by atoms with Gasteiger partial charge in [-0.2, -0.15) is 0 Å². The molecule has 0 saturated carbocycles. The van der Waals surface area contributed by atoms with Crippen LogP contribution in [0.5, 0.6) is 11.5 Å². The first kappa shape index (κ1) is 19.3. The summed E-state index contributed by atoms with van der Waals surface area (Å²) in [6, 6.07) is 14.2. The van der Waals surface area contributed by atoms with Crippen LogP contribution in [0.1, 0.15) is 48.8 Å². The molecule has 1 amide bonds. The van der Waals surface area contributed by atoms with Crippen LogP contribution in [0.2, 0.25) is 0 Å². The predicted molar refractivity (Wildman–Crippen MR) is 117 cm³/mol. The van der Waals surface area contributed by atoms with Crippen molar-refractivity contribution in [2.75, 3.05) is 19.9 Å². The number of hydrogen-bond acceptors (Lipinski definition) is 6. The average Bonchev–Trinajstić information content (AvgIpc) is 3.40. The maximum Gasteiger partial charge on any atom is 0.234 e. The van der Waals surface area contributed by atoms with Crippen LogP contribution in [0.15, 0.2) is 42.5 Å². The number of fused-ring (bicyclic) bond motifs is 2. The number of para-hydroxylation sites is 1. The second-order valence-corrected chi connectivity index (χ2v) is 8.97. The molecular formula is C23H25N3O3S. The van der Waals surface area contributed by atoms with Crippen LogP contribution in [-0.2, 0) is 4.79 Å². The predicted octanol–water partition coefficient (Wildman–Crippen LogP) is 4.43. The molecule has 2 aliphatic rings. The number of nitrogens with one attached hydrogen (secondary N) is 1. The first-order valence-corrected chi connectivity index (χ1v) is 11.3. The minimum atomic E-state index is -0.0994. The molecule has 3 heterocycles. The number of likely N-dealkylation sites (tertiary alicyclic amines) is 1. The molecular weight excluding hydrogens is 398 g/mol. The highest BCUT2D eigenvalue weighted by molar-refractivity contribution is 7.18. The monoisotopic (exact) mass is 423 g/mol. The third-order valence-electron chi connectivity index (χ3n) is 5.83. The van der Waals surface area contributed by atoms with Crippen LogP contribution in [0.3, 0.4) is 0 Å². The Balaban J connectivity index is 1.26. The van der Waals surface area contributed by atoms with Crippen LogP contribution in [-0.4, -0.2) is 35.7 Å². The van der Waals surface area contributed by atoms with Gasteiger partial charge in [-0.25, -0.2) is 4.98 Å². The summed E-state index contributed by atoms with van der Waals surface area (Å²) in [5.41, 5.74) is 2.05. The fraction of sp³-hybridized carbons (Fsp3) is 0.391. The van der Waals surface area contributed by atoms with E-state index in [9.17, 15) is 4.79 Å².